The summed E-state index contributed by atoms with van der Waals surface area (Å²) in [6.07, 6.45) is 4.55. The number of carbonyl (C=O) groups is 1. The molecule has 2 fully saturated rings. The summed E-state index contributed by atoms with van der Waals surface area (Å²) < 4.78 is 11.2. The molecular weight excluding hydrogens is 392 g/mol. The van der Waals surface area contributed by atoms with E-state index in [1.807, 2.05) is 48.5 Å². The molecule has 2 aromatic rings. The van der Waals surface area contributed by atoms with Gasteiger partial charge < -0.3 is 19.9 Å². The van der Waals surface area contributed by atoms with Crippen LogP contribution in [-0.4, -0.2) is 48.8 Å². The SMILES string of the molecule is COc1ccc(OC)c([C@@H]2[C@@H]3CCCC[C@@]3(O)CCN2CC(=O)Nc2ccccc2)c1. The van der Waals surface area contributed by atoms with Gasteiger partial charge in [0, 0.05) is 29.8 Å². The second-order valence-corrected chi connectivity index (χ2v) is 8.64. The van der Waals surface area contributed by atoms with E-state index >= 15 is 0 Å². The molecule has 1 amide bonds. The minimum Gasteiger partial charge on any atom is -0.497 e. The molecule has 0 aromatic heterocycles. The fraction of sp³-hybridized carbons (Fsp3) is 0.480. The minimum absolute atomic E-state index is 0.0422. The lowest BCUT2D eigenvalue weighted by molar-refractivity contribution is -0.135. The van der Waals surface area contributed by atoms with Crippen LogP contribution < -0.4 is 14.8 Å². The highest BCUT2D eigenvalue weighted by Crippen LogP contribution is 2.51. The Morgan fingerprint density at radius 2 is 1.94 bits per heavy atom. The molecule has 0 unspecified atom stereocenters. The predicted octanol–water partition coefficient (Wildman–Crippen LogP) is 4.01. The third kappa shape index (κ3) is 4.55. The molecule has 2 N–H and O–H groups in total. The number of amides is 1. The van der Waals surface area contributed by atoms with Gasteiger partial charge in [0.1, 0.15) is 11.5 Å². The van der Waals surface area contributed by atoms with Gasteiger partial charge in [-0.05, 0) is 49.6 Å². The summed E-state index contributed by atoms with van der Waals surface area (Å²) in [4.78, 5) is 15.1. The van der Waals surface area contributed by atoms with Crippen LogP contribution in [0.4, 0.5) is 5.69 Å². The second-order valence-electron chi connectivity index (χ2n) is 8.64. The van der Waals surface area contributed by atoms with Crippen molar-refractivity contribution in [2.45, 2.75) is 43.7 Å². The third-order valence-corrected chi connectivity index (χ3v) is 6.83. The number of fused-ring (bicyclic) bond motifs is 1. The first-order valence-corrected chi connectivity index (χ1v) is 11.1. The number of para-hydroxylation sites is 1. The van der Waals surface area contributed by atoms with Crippen LogP contribution in [0.5, 0.6) is 11.5 Å². The maximum atomic E-state index is 12.9. The molecule has 2 aromatic carbocycles. The van der Waals surface area contributed by atoms with Crippen LogP contribution in [-0.2, 0) is 4.79 Å². The lowest BCUT2D eigenvalue weighted by Gasteiger charge is -2.52. The van der Waals surface area contributed by atoms with Crippen molar-refractivity contribution in [2.24, 2.45) is 5.92 Å². The molecular formula is C25H32N2O4. The van der Waals surface area contributed by atoms with Crippen molar-refractivity contribution >= 4 is 11.6 Å². The van der Waals surface area contributed by atoms with Gasteiger partial charge in [-0.2, -0.15) is 0 Å². The van der Waals surface area contributed by atoms with E-state index in [1.165, 1.54) is 0 Å². The molecule has 2 aliphatic rings. The van der Waals surface area contributed by atoms with Crippen LogP contribution in [0.25, 0.3) is 0 Å². The molecule has 1 saturated carbocycles. The number of hydrogen-bond donors (Lipinski definition) is 2. The Bertz CT molecular complexity index is 904. The molecule has 6 nitrogen and oxygen atoms in total. The van der Waals surface area contributed by atoms with E-state index in [9.17, 15) is 9.90 Å². The standard InChI is InChI=1S/C25H32N2O4/c1-30-19-11-12-22(31-2)20(16-19)24-21-10-6-7-13-25(21,29)14-15-27(24)17-23(28)26-18-8-4-3-5-9-18/h3-5,8-9,11-12,16,21,24,29H,6-7,10,13-15,17H2,1-2H3,(H,26,28)/t21-,24+,25+/m0/s1. The molecule has 31 heavy (non-hydrogen) atoms. The number of likely N-dealkylation sites (tertiary alicyclic amines) is 1. The normalized spacial score (nSPS) is 26.0. The zero-order chi connectivity index (χ0) is 21.8. The van der Waals surface area contributed by atoms with E-state index in [1.54, 1.807) is 14.2 Å². The zero-order valence-corrected chi connectivity index (χ0v) is 18.3. The van der Waals surface area contributed by atoms with Crippen molar-refractivity contribution in [3.05, 3.63) is 54.1 Å². The van der Waals surface area contributed by atoms with Crippen LogP contribution in [0.15, 0.2) is 48.5 Å². The van der Waals surface area contributed by atoms with Gasteiger partial charge in [0.2, 0.25) is 5.91 Å². The maximum absolute atomic E-state index is 12.9. The summed E-state index contributed by atoms with van der Waals surface area (Å²) in [6.45, 7) is 0.909. The molecule has 1 heterocycles. The number of hydrogen-bond acceptors (Lipinski definition) is 5. The van der Waals surface area contributed by atoms with Crippen molar-refractivity contribution < 1.29 is 19.4 Å². The number of methoxy groups -OCH3 is 2. The molecule has 3 atom stereocenters. The van der Waals surface area contributed by atoms with E-state index in [4.69, 9.17) is 9.47 Å². The molecule has 6 heteroatoms. The summed E-state index contributed by atoms with van der Waals surface area (Å²) >= 11 is 0. The first-order valence-electron chi connectivity index (χ1n) is 11.1. The summed E-state index contributed by atoms with van der Waals surface area (Å²) in [5, 5.41) is 14.5. The first kappa shape index (κ1) is 21.7. The van der Waals surface area contributed by atoms with Crippen molar-refractivity contribution in [2.75, 3.05) is 32.6 Å². The Labute approximate surface area is 184 Å². The fourth-order valence-electron chi connectivity index (χ4n) is 5.31. The van der Waals surface area contributed by atoms with Crippen LogP contribution >= 0.6 is 0 Å². The Morgan fingerprint density at radius 3 is 2.68 bits per heavy atom. The van der Waals surface area contributed by atoms with Crippen LogP contribution in [0.1, 0.15) is 43.7 Å². The van der Waals surface area contributed by atoms with Gasteiger partial charge in [0.25, 0.3) is 0 Å². The highest BCUT2D eigenvalue weighted by molar-refractivity contribution is 5.92. The zero-order valence-electron chi connectivity index (χ0n) is 18.3. The summed E-state index contributed by atoms with van der Waals surface area (Å²) in [6, 6.07) is 15.2. The average Bonchev–Trinajstić information content (AvgIpc) is 2.79. The number of nitrogens with one attached hydrogen (secondary N) is 1. The van der Waals surface area contributed by atoms with Crippen molar-refractivity contribution in [3.63, 3.8) is 0 Å². The Hall–Kier alpha value is -2.57. The highest BCUT2D eigenvalue weighted by atomic mass is 16.5. The molecule has 0 spiro atoms. The number of anilines is 1. The quantitative estimate of drug-likeness (QED) is 0.733. The fourth-order valence-corrected chi connectivity index (χ4v) is 5.31. The molecule has 166 valence electrons. The van der Waals surface area contributed by atoms with Gasteiger partial charge in [-0.25, -0.2) is 0 Å². The highest BCUT2D eigenvalue weighted by Gasteiger charge is 2.49. The number of ether oxygens (including phenoxy) is 2. The van der Waals surface area contributed by atoms with E-state index in [0.717, 1.165) is 48.4 Å². The van der Waals surface area contributed by atoms with E-state index in [0.29, 0.717) is 13.0 Å². The van der Waals surface area contributed by atoms with Crippen LogP contribution in [0.2, 0.25) is 0 Å². The predicted molar refractivity (Wildman–Crippen MR) is 120 cm³/mol. The lowest BCUT2D eigenvalue weighted by atomic mass is 9.66. The van der Waals surface area contributed by atoms with Gasteiger partial charge in [-0.1, -0.05) is 31.0 Å². The monoisotopic (exact) mass is 424 g/mol. The minimum atomic E-state index is -0.705. The Kier molecular flexibility index (Phi) is 6.49. The summed E-state index contributed by atoms with van der Waals surface area (Å²) in [7, 11) is 3.31. The van der Waals surface area contributed by atoms with Gasteiger partial charge in [-0.15, -0.1) is 0 Å². The number of benzene rings is 2. The first-order chi connectivity index (χ1) is 15.0. The van der Waals surface area contributed by atoms with Gasteiger partial charge in [0.05, 0.1) is 26.4 Å². The van der Waals surface area contributed by atoms with Gasteiger partial charge >= 0.3 is 0 Å². The summed E-state index contributed by atoms with van der Waals surface area (Å²) in [5.41, 5.74) is 1.05. The molecule has 1 saturated heterocycles. The number of aliphatic hydroxyl groups is 1. The smallest absolute Gasteiger partial charge is 0.238 e. The molecule has 0 radical (unpaired) electrons. The molecule has 4 rings (SSSR count). The van der Waals surface area contributed by atoms with Crippen LogP contribution in [0.3, 0.4) is 0 Å². The second kappa shape index (κ2) is 9.28. The van der Waals surface area contributed by atoms with E-state index < -0.39 is 5.60 Å². The summed E-state index contributed by atoms with van der Waals surface area (Å²) in [5.74, 6) is 1.49. The number of piperidine rings is 1. The van der Waals surface area contributed by atoms with E-state index in [2.05, 4.69) is 10.2 Å². The number of nitrogens with zero attached hydrogens (tertiary/aromatic N) is 1. The van der Waals surface area contributed by atoms with Gasteiger partial charge in [0.15, 0.2) is 0 Å². The molecule has 1 aliphatic carbocycles. The molecule has 1 aliphatic heterocycles. The Balaban J connectivity index is 1.66. The van der Waals surface area contributed by atoms with Crippen molar-refractivity contribution in [3.8, 4) is 11.5 Å². The molecule has 0 bridgehead atoms. The Morgan fingerprint density at radius 1 is 1.13 bits per heavy atom. The van der Waals surface area contributed by atoms with E-state index in [-0.39, 0.29) is 24.4 Å². The third-order valence-electron chi connectivity index (χ3n) is 6.83. The number of rotatable bonds is 6. The van der Waals surface area contributed by atoms with Crippen molar-refractivity contribution in [1.29, 1.82) is 0 Å². The van der Waals surface area contributed by atoms with Crippen molar-refractivity contribution in [1.82, 2.24) is 4.90 Å². The van der Waals surface area contributed by atoms with Crippen LogP contribution in [0, 0.1) is 5.92 Å². The average molecular weight is 425 g/mol. The topological polar surface area (TPSA) is 71.0 Å². The largest absolute Gasteiger partial charge is 0.497 e. The number of carbonyl (C=O) groups excluding carboxylic acids is 1. The maximum Gasteiger partial charge on any atom is 0.238 e. The lowest BCUT2D eigenvalue weighted by Crippen LogP contribution is -2.56. The van der Waals surface area contributed by atoms with Gasteiger partial charge in [-0.3, -0.25) is 9.69 Å².